The number of carbonyl (C=O) groups is 2. The number of thiazole rings is 1. The van der Waals surface area contributed by atoms with Gasteiger partial charge in [0.25, 0.3) is 0 Å². The Kier molecular flexibility index (Phi) is 12.4. The number of aliphatic hydroxyl groups is 1. The maximum absolute atomic E-state index is 14.0. The largest absolute Gasteiger partial charge is 0.413 e. The molecule has 2 rings (SSSR count). The first kappa shape index (κ1) is 35.6. The fourth-order valence-corrected chi connectivity index (χ4v) is 7.28. The molecule has 2 N–H and O–H groups in total. The Morgan fingerprint density at radius 2 is 1.85 bits per heavy atom. The van der Waals surface area contributed by atoms with Gasteiger partial charge in [-0.15, -0.1) is 11.3 Å². The highest BCUT2D eigenvalue weighted by molar-refractivity contribution is 7.09. The average molecular weight is 605 g/mol. The van der Waals surface area contributed by atoms with Gasteiger partial charge >= 0.3 is 0 Å². The van der Waals surface area contributed by atoms with Crippen molar-refractivity contribution < 1.29 is 19.1 Å². The minimum atomic E-state index is -2.16. The van der Waals surface area contributed by atoms with Crippen molar-refractivity contribution in [3.05, 3.63) is 33.3 Å². The summed E-state index contributed by atoms with van der Waals surface area (Å²) in [5.74, 6) is -0.544. The van der Waals surface area contributed by atoms with Crippen molar-refractivity contribution in [2.45, 2.75) is 138 Å². The molecule has 0 saturated heterocycles. The van der Waals surface area contributed by atoms with Crippen molar-refractivity contribution in [2.24, 2.45) is 17.3 Å². The molecule has 41 heavy (non-hydrogen) atoms. The molecule has 0 radical (unpaired) electrons. The Bertz CT molecular complexity index is 1110. The van der Waals surface area contributed by atoms with Gasteiger partial charge in [-0.1, -0.05) is 60.1 Å². The Morgan fingerprint density at radius 3 is 2.41 bits per heavy atom. The molecule has 0 unspecified atom stereocenters. The van der Waals surface area contributed by atoms with Crippen molar-refractivity contribution in [3.63, 3.8) is 0 Å². The van der Waals surface area contributed by atoms with Crippen molar-refractivity contribution in [3.8, 4) is 0 Å². The fraction of sp³-hybridized carbons (Fsp3) is 0.727. The van der Waals surface area contributed by atoms with Crippen LogP contribution in [0.2, 0.25) is 18.1 Å². The van der Waals surface area contributed by atoms with Gasteiger partial charge in [-0.2, -0.15) is 0 Å². The number of nitrogens with one attached hydrogen (secondary N) is 1. The number of rotatable bonds is 4. The number of ketones is 1. The van der Waals surface area contributed by atoms with E-state index in [1.54, 1.807) is 25.2 Å². The summed E-state index contributed by atoms with van der Waals surface area (Å²) in [4.78, 5) is 31.8. The number of allylic oxidation sites excluding steroid dienone is 1. The van der Waals surface area contributed by atoms with E-state index >= 15 is 0 Å². The van der Waals surface area contributed by atoms with Gasteiger partial charge < -0.3 is 14.8 Å². The van der Waals surface area contributed by atoms with Crippen molar-refractivity contribution >= 4 is 37.4 Å². The first-order valence-electron chi connectivity index (χ1n) is 15.2. The zero-order chi connectivity index (χ0) is 31.3. The summed E-state index contributed by atoms with van der Waals surface area (Å²) in [5, 5.41) is 17.4. The van der Waals surface area contributed by atoms with Crippen LogP contribution in [0.25, 0.3) is 6.08 Å². The molecule has 0 spiro atoms. The number of aromatic nitrogens is 1. The summed E-state index contributed by atoms with van der Waals surface area (Å²) < 4.78 is 6.94. The van der Waals surface area contributed by atoms with Gasteiger partial charge in [0.1, 0.15) is 5.78 Å². The van der Waals surface area contributed by atoms with E-state index in [4.69, 9.17) is 4.43 Å². The number of Topliss-reactive ketones (excluding diaryl/α,β-unsaturated/α-hetero) is 1. The summed E-state index contributed by atoms with van der Waals surface area (Å²) in [7, 11) is -2.16. The molecule has 1 amide bonds. The van der Waals surface area contributed by atoms with Gasteiger partial charge in [0.15, 0.2) is 8.32 Å². The highest BCUT2D eigenvalue weighted by Gasteiger charge is 2.46. The van der Waals surface area contributed by atoms with Crippen molar-refractivity contribution in [2.75, 3.05) is 0 Å². The molecule has 0 saturated carbocycles. The van der Waals surface area contributed by atoms with Crippen molar-refractivity contribution in [1.82, 2.24) is 10.3 Å². The van der Waals surface area contributed by atoms with E-state index < -0.39 is 25.8 Å². The molecule has 0 bridgehead atoms. The second-order valence-corrected chi connectivity index (χ2v) is 20.2. The monoisotopic (exact) mass is 604 g/mol. The quantitative estimate of drug-likeness (QED) is 0.270. The third-order valence-electron chi connectivity index (χ3n) is 9.38. The maximum atomic E-state index is 14.0. The Labute approximate surface area is 254 Å². The van der Waals surface area contributed by atoms with Crippen LogP contribution in [0.1, 0.15) is 105 Å². The predicted octanol–water partition coefficient (Wildman–Crippen LogP) is 7.87. The normalized spacial score (nSPS) is 29.5. The van der Waals surface area contributed by atoms with Gasteiger partial charge in [-0.25, -0.2) is 4.98 Å². The van der Waals surface area contributed by atoms with Crippen LogP contribution >= 0.6 is 11.3 Å². The van der Waals surface area contributed by atoms with Crippen LogP contribution in [0.4, 0.5) is 0 Å². The zero-order valence-electron chi connectivity index (χ0n) is 27.7. The molecular weight excluding hydrogens is 549 g/mol. The number of carbonyl (C=O) groups excluding carboxylic acids is 2. The van der Waals surface area contributed by atoms with Crippen LogP contribution in [0.15, 0.2) is 22.6 Å². The molecule has 5 atom stereocenters. The van der Waals surface area contributed by atoms with E-state index in [0.717, 1.165) is 35.5 Å². The lowest BCUT2D eigenvalue weighted by Crippen LogP contribution is -2.52. The molecule has 1 aromatic heterocycles. The molecule has 0 fully saturated rings. The summed E-state index contributed by atoms with van der Waals surface area (Å²) in [5.41, 5.74) is 2.08. The molecular formula is C33H56N2O4SSi. The number of amides is 1. The highest BCUT2D eigenvalue weighted by Crippen LogP contribution is 2.41. The number of aliphatic hydroxyl groups excluding tert-OH is 1. The SMILES string of the molecule is C/C1=C/C[C@@H](/C(C)=C/c2csc(C)n2)NC(=O)C[C@H](O)C(C)(C)C(=O)[C@H](C)[C@@H](O[Si](C)(C)C(C)(C)C)[C@@H](C)CCC1. The third-order valence-corrected chi connectivity index (χ3v) is 14.6. The minimum absolute atomic E-state index is 0.0125. The molecule has 0 aromatic carbocycles. The van der Waals surface area contributed by atoms with E-state index in [1.807, 2.05) is 32.2 Å². The number of aryl methyl sites for hydroxylation is 1. The maximum Gasteiger partial charge on any atom is 0.223 e. The van der Waals surface area contributed by atoms with Crippen LogP contribution in [0, 0.1) is 24.2 Å². The molecule has 6 nitrogen and oxygen atoms in total. The summed E-state index contributed by atoms with van der Waals surface area (Å²) >= 11 is 1.60. The molecule has 1 aromatic rings. The Balaban J connectivity index is 2.43. The van der Waals surface area contributed by atoms with E-state index in [1.165, 1.54) is 5.57 Å². The number of hydrogen-bond acceptors (Lipinski definition) is 6. The van der Waals surface area contributed by atoms with Crippen LogP contribution in [-0.4, -0.2) is 48.3 Å². The van der Waals surface area contributed by atoms with Crippen molar-refractivity contribution in [1.29, 1.82) is 0 Å². The summed E-state index contributed by atoms with van der Waals surface area (Å²) in [6, 6.07) is -0.224. The lowest BCUT2D eigenvalue weighted by Gasteiger charge is -2.44. The molecule has 8 heteroatoms. The molecule has 232 valence electrons. The molecule has 0 aliphatic carbocycles. The van der Waals surface area contributed by atoms with Gasteiger partial charge in [-0.3, -0.25) is 9.59 Å². The average Bonchev–Trinajstić information content (AvgIpc) is 3.26. The van der Waals surface area contributed by atoms with Gasteiger partial charge in [0.2, 0.25) is 5.91 Å². The topological polar surface area (TPSA) is 88.5 Å². The van der Waals surface area contributed by atoms with E-state index in [9.17, 15) is 14.7 Å². The number of nitrogens with zero attached hydrogens (tertiary/aromatic N) is 1. The first-order valence-corrected chi connectivity index (χ1v) is 19.0. The lowest BCUT2D eigenvalue weighted by atomic mass is 9.73. The Morgan fingerprint density at radius 1 is 1.22 bits per heavy atom. The second-order valence-electron chi connectivity index (χ2n) is 14.4. The van der Waals surface area contributed by atoms with Gasteiger partial charge in [0, 0.05) is 11.3 Å². The predicted molar refractivity (Wildman–Crippen MR) is 174 cm³/mol. The molecule has 1 aliphatic heterocycles. The van der Waals surface area contributed by atoms with Gasteiger partial charge in [0.05, 0.1) is 40.8 Å². The summed E-state index contributed by atoms with van der Waals surface area (Å²) in [6.07, 6.45) is 6.31. The highest BCUT2D eigenvalue weighted by atomic mass is 32.1. The van der Waals surface area contributed by atoms with E-state index in [0.29, 0.717) is 6.42 Å². The zero-order valence-corrected chi connectivity index (χ0v) is 29.5. The second kappa shape index (κ2) is 14.2. The lowest BCUT2D eigenvalue weighted by molar-refractivity contribution is -0.142. The third kappa shape index (κ3) is 9.70. The number of hydrogen-bond donors (Lipinski definition) is 2. The van der Waals surface area contributed by atoms with Gasteiger partial charge in [-0.05, 0) is 82.2 Å². The molecule has 2 heterocycles. The summed E-state index contributed by atoms with van der Waals surface area (Å²) in [6.45, 7) is 24.9. The van der Waals surface area contributed by atoms with E-state index in [2.05, 4.69) is 64.1 Å². The van der Waals surface area contributed by atoms with Crippen LogP contribution in [-0.2, 0) is 14.0 Å². The Hall–Kier alpha value is -1.61. The van der Waals surface area contributed by atoms with E-state index in [-0.39, 0.29) is 41.2 Å². The van der Waals surface area contributed by atoms with Crippen LogP contribution < -0.4 is 5.32 Å². The smallest absolute Gasteiger partial charge is 0.223 e. The minimum Gasteiger partial charge on any atom is -0.413 e. The van der Waals surface area contributed by atoms with Crippen LogP contribution in [0.5, 0.6) is 0 Å². The molecule has 1 aliphatic rings. The fourth-order valence-electron chi connectivity index (χ4n) is 5.24. The standard InChI is InChI=1S/C33H56N2O4SSi/c1-21-14-13-15-22(2)30(39-41(11,12)32(6,7)8)24(4)31(38)33(9,10)28(36)19-29(37)35-27(17-16-21)23(3)18-26-20-40-25(5)34-26/h16,18,20,22,24,27-28,30,36H,13-15,17,19H2,1-12H3,(H,35,37)/b21-16-,23-18+/t22-,24+,27-,28-,30-/m0/s1. The first-order chi connectivity index (χ1) is 18.8. The van der Waals surface area contributed by atoms with Crippen LogP contribution in [0.3, 0.4) is 0 Å².